The number of anilines is 1. The molecule has 0 spiro atoms. The van der Waals surface area contributed by atoms with Crippen LogP contribution in [0.3, 0.4) is 0 Å². The largest absolute Gasteiger partial charge is 0.435 e. The van der Waals surface area contributed by atoms with Crippen molar-refractivity contribution in [3.8, 4) is 5.75 Å². The van der Waals surface area contributed by atoms with Crippen LogP contribution >= 0.6 is 23.2 Å². The number of rotatable bonds is 6. The summed E-state index contributed by atoms with van der Waals surface area (Å²) >= 11 is 12.1. The third-order valence-electron chi connectivity index (χ3n) is 3.88. The number of alkyl halides is 2. The molecule has 0 saturated carbocycles. The van der Waals surface area contributed by atoms with Crippen molar-refractivity contribution < 1.29 is 18.3 Å². The second kappa shape index (κ2) is 8.58. The summed E-state index contributed by atoms with van der Waals surface area (Å²) in [5.74, 6) is -0.261. The number of nitrogens with one attached hydrogen (secondary N) is 1. The Labute approximate surface area is 169 Å². The fourth-order valence-electron chi connectivity index (χ4n) is 2.54. The van der Waals surface area contributed by atoms with Crippen molar-refractivity contribution in [1.82, 2.24) is 9.78 Å². The number of aryl methyl sites for hydroxylation is 1. The maximum atomic E-state index is 12.4. The molecule has 3 aromatic rings. The maximum Gasteiger partial charge on any atom is 0.387 e. The van der Waals surface area contributed by atoms with E-state index < -0.39 is 12.5 Å². The molecule has 1 aromatic heterocycles. The molecule has 0 atom stereocenters. The summed E-state index contributed by atoms with van der Waals surface area (Å²) in [7, 11) is 0. The maximum absolute atomic E-state index is 12.4. The SMILES string of the molecule is Cc1cc(NC(=O)c2cccc(OC(F)F)c2)nn1Cc1ccc(Cl)cc1Cl. The molecule has 1 N–H and O–H groups in total. The van der Waals surface area contributed by atoms with Crippen molar-refractivity contribution in [3.63, 3.8) is 0 Å². The standard InChI is InChI=1S/C19H15Cl2F2N3O2/c1-11-7-17(25-26(11)10-13-5-6-14(20)9-16(13)21)24-18(27)12-3-2-4-15(8-12)28-19(22)23/h2-9,19H,10H2,1H3,(H,24,25,27). The summed E-state index contributed by atoms with van der Waals surface area (Å²) in [5.41, 5.74) is 1.80. The van der Waals surface area contributed by atoms with Crippen LogP contribution < -0.4 is 10.1 Å². The van der Waals surface area contributed by atoms with Crippen molar-refractivity contribution >= 4 is 34.9 Å². The summed E-state index contributed by atoms with van der Waals surface area (Å²) in [4.78, 5) is 12.4. The van der Waals surface area contributed by atoms with Crippen LogP contribution in [0.2, 0.25) is 10.0 Å². The predicted octanol–water partition coefficient (Wildman–Crippen LogP) is 5.40. The highest BCUT2D eigenvalue weighted by Gasteiger charge is 2.13. The first-order valence-electron chi connectivity index (χ1n) is 8.16. The van der Waals surface area contributed by atoms with Gasteiger partial charge in [0.1, 0.15) is 5.75 Å². The lowest BCUT2D eigenvalue weighted by Gasteiger charge is -2.07. The molecule has 0 saturated heterocycles. The highest BCUT2D eigenvalue weighted by molar-refractivity contribution is 6.35. The number of ether oxygens (including phenoxy) is 1. The molecule has 1 amide bonds. The van der Waals surface area contributed by atoms with Gasteiger partial charge in [-0.25, -0.2) is 0 Å². The minimum Gasteiger partial charge on any atom is -0.435 e. The Bertz CT molecular complexity index is 1010. The van der Waals surface area contributed by atoms with E-state index in [1.807, 2.05) is 6.92 Å². The van der Waals surface area contributed by atoms with E-state index in [0.717, 1.165) is 11.3 Å². The minimum absolute atomic E-state index is 0.0956. The lowest BCUT2D eigenvalue weighted by atomic mass is 10.2. The zero-order chi connectivity index (χ0) is 20.3. The Kier molecular flexibility index (Phi) is 6.16. The van der Waals surface area contributed by atoms with E-state index in [0.29, 0.717) is 22.4 Å². The molecule has 1 heterocycles. The number of benzene rings is 2. The second-order valence-electron chi connectivity index (χ2n) is 5.92. The lowest BCUT2D eigenvalue weighted by molar-refractivity contribution is -0.0498. The summed E-state index contributed by atoms with van der Waals surface area (Å²) < 4.78 is 30.6. The Hall–Kier alpha value is -2.64. The topological polar surface area (TPSA) is 56.1 Å². The fraction of sp³-hybridized carbons (Fsp3) is 0.158. The number of carbonyl (C=O) groups excluding carboxylic acids is 1. The first kappa shape index (κ1) is 20.1. The van der Waals surface area contributed by atoms with Gasteiger partial charge in [0.25, 0.3) is 5.91 Å². The molecule has 0 fully saturated rings. The van der Waals surface area contributed by atoms with E-state index in [2.05, 4.69) is 15.2 Å². The molecule has 28 heavy (non-hydrogen) atoms. The number of nitrogens with zero attached hydrogens (tertiary/aromatic N) is 2. The number of amides is 1. The monoisotopic (exact) mass is 425 g/mol. The van der Waals surface area contributed by atoms with E-state index >= 15 is 0 Å². The van der Waals surface area contributed by atoms with Gasteiger partial charge in [-0.2, -0.15) is 13.9 Å². The Morgan fingerprint density at radius 3 is 2.71 bits per heavy atom. The molecule has 0 aliphatic heterocycles. The van der Waals surface area contributed by atoms with Gasteiger partial charge in [0, 0.05) is 27.4 Å². The van der Waals surface area contributed by atoms with Gasteiger partial charge < -0.3 is 10.1 Å². The van der Waals surface area contributed by atoms with Crippen LogP contribution in [-0.2, 0) is 6.54 Å². The molecule has 9 heteroatoms. The van der Waals surface area contributed by atoms with E-state index in [4.69, 9.17) is 23.2 Å². The molecule has 0 aliphatic carbocycles. The minimum atomic E-state index is -2.96. The molecule has 2 aromatic carbocycles. The summed E-state index contributed by atoms with van der Waals surface area (Å²) in [6, 6.07) is 12.4. The van der Waals surface area contributed by atoms with E-state index in [1.165, 1.54) is 24.3 Å². The van der Waals surface area contributed by atoms with E-state index in [-0.39, 0.29) is 11.3 Å². The first-order chi connectivity index (χ1) is 13.3. The number of carbonyl (C=O) groups is 1. The van der Waals surface area contributed by atoms with Crippen LogP contribution in [-0.4, -0.2) is 22.3 Å². The van der Waals surface area contributed by atoms with Gasteiger partial charge in [-0.15, -0.1) is 0 Å². The average molecular weight is 426 g/mol. The zero-order valence-corrected chi connectivity index (χ0v) is 16.1. The van der Waals surface area contributed by atoms with Crippen LogP contribution in [0.1, 0.15) is 21.6 Å². The van der Waals surface area contributed by atoms with Gasteiger partial charge in [0.15, 0.2) is 5.82 Å². The number of halogens is 4. The Morgan fingerprint density at radius 1 is 1.21 bits per heavy atom. The van der Waals surface area contributed by atoms with Crippen molar-refractivity contribution in [2.45, 2.75) is 20.1 Å². The van der Waals surface area contributed by atoms with Crippen LogP contribution in [0.15, 0.2) is 48.5 Å². The second-order valence-corrected chi connectivity index (χ2v) is 6.77. The number of hydrogen-bond donors (Lipinski definition) is 1. The summed E-state index contributed by atoms with van der Waals surface area (Å²) in [6.07, 6.45) is 0. The molecule has 0 unspecified atom stereocenters. The summed E-state index contributed by atoms with van der Waals surface area (Å²) in [5, 5.41) is 8.04. The molecule has 3 rings (SSSR count). The first-order valence-corrected chi connectivity index (χ1v) is 8.92. The normalized spacial score (nSPS) is 10.9. The predicted molar refractivity (Wildman–Crippen MR) is 104 cm³/mol. The van der Waals surface area contributed by atoms with Gasteiger partial charge in [-0.3, -0.25) is 9.48 Å². The number of aromatic nitrogens is 2. The number of hydrogen-bond acceptors (Lipinski definition) is 3. The van der Waals surface area contributed by atoms with Gasteiger partial charge in [-0.05, 0) is 42.8 Å². The molecular formula is C19H15Cl2F2N3O2. The van der Waals surface area contributed by atoms with Gasteiger partial charge >= 0.3 is 6.61 Å². The van der Waals surface area contributed by atoms with Gasteiger partial charge in [0.2, 0.25) is 0 Å². The van der Waals surface area contributed by atoms with Crippen molar-refractivity contribution in [2.75, 3.05) is 5.32 Å². The molecule has 0 bridgehead atoms. The van der Waals surface area contributed by atoms with Crippen LogP contribution in [0, 0.1) is 6.92 Å². The highest BCUT2D eigenvalue weighted by atomic mass is 35.5. The van der Waals surface area contributed by atoms with E-state index in [9.17, 15) is 13.6 Å². The van der Waals surface area contributed by atoms with Crippen LogP contribution in [0.25, 0.3) is 0 Å². The lowest BCUT2D eigenvalue weighted by Crippen LogP contribution is -2.13. The van der Waals surface area contributed by atoms with Gasteiger partial charge in [0.05, 0.1) is 6.54 Å². The van der Waals surface area contributed by atoms with E-state index in [1.54, 1.807) is 28.9 Å². The Morgan fingerprint density at radius 2 is 2.00 bits per heavy atom. The van der Waals surface area contributed by atoms with Crippen LogP contribution in [0.5, 0.6) is 5.75 Å². The molecule has 0 radical (unpaired) electrons. The molecule has 5 nitrogen and oxygen atoms in total. The van der Waals surface area contributed by atoms with Crippen molar-refractivity contribution in [1.29, 1.82) is 0 Å². The third-order valence-corrected chi connectivity index (χ3v) is 4.47. The van der Waals surface area contributed by atoms with Crippen molar-refractivity contribution in [3.05, 3.63) is 75.4 Å². The molecule has 146 valence electrons. The third kappa shape index (κ3) is 4.99. The Balaban J connectivity index is 1.73. The quantitative estimate of drug-likeness (QED) is 0.574. The fourth-order valence-corrected chi connectivity index (χ4v) is 3.01. The average Bonchev–Trinajstić information content (AvgIpc) is 2.96. The highest BCUT2D eigenvalue weighted by Crippen LogP contribution is 2.23. The zero-order valence-electron chi connectivity index (χ0n) is 14.6. The summed E-state index contributed by atoms with van der Waals surface area (Å²) in [6.45, 7) is -0.727. The van der Waals surface area contributed by atoms with Crippen molar-refractivity contribution in [2.24, 2.45) is 0 Å². The molecule has 0 aliphatic rings. The molecular weight excluding hydrogens is 411 g/mol. The van der Waals surface area contributed by atoms with Crippen LogP contribution in [0.4, 0.5) is 14.6 Å². The smallest absolute Gasteiger partial charge is 0.387 e. The van der Waals surface area contributed by atoms with Gasteiger partial charge in [-0.1, -0.05) is 35.3 Å².